The predicted molar refractivity (Wildman–Crippen MR) is 123 cm³/mol. The van der Waals surface area contributed by atoms with Gasteiger partial charge in [0.05, 0.1) is 12.3 Å². The van der Waals surface area contributed by atoms with Crippen LogP contribution in [0.3, 0.4) is 0 Å². The minimum absolute atomic E-state index is 0.367. The number of carbonyl (C=O) groups excluding carboxylic acids is 1. The topological polar surface area (TPSA) is 90.3 Å². The Bertz CT molecular complexity index is 1190. The van der Waals surface area contributed by atoms with Crippen molar-refractivity contribution in [2.75, 3.05) is 17.2 Å². The first-order valence-corrected chi connectivity index (χ1v) is 10.2. The summed E-state index contributed by atoms with van der Waals surface area (Å²) in [5.41, 5.74) is 1.22. The Hall–Kier alpha value is -4.33. The molecule has 0 unspecified atom stereocenters. The van der Waals surface area contributed by atoms with Crippen molar-refractivity contribution in [2.45, 2.75) is 13.8 Å². The van der Waals surface area contributed by atoms with Crippen LogP contribution >= 0.6 is 0 Å². The number of benzene rings is 2. The highest BCUT2D eigenvalue weighted by molar-refractivity contribution is 6.00. The highest BCUT2D eigenvalue weighted by Crippen LogP contribution is 2.25. The minimum atomic E-state index is -0.367. The summed E-state index contributed by atoms with van der Waals surface area (Å²) in [6.07, 6.45) is 3.81. The quantitative estimate of drug-likeness (QED) is 0.410. The number of nitrogens with one attached hydrogen (secondary N) is 2. The lowest BCUT2D eigenvalue weighted by Gasteiger charge is -2.12. The van der Waals surface area contributed by atoms with Crippen LogP contribution in [0.15, 0.2) is 79.1 Å². The molecule has 0 spiro atoms. The van der Waals surface area contributed by atoms with Crippen molar-refractivity contribution in [1.29, 1.82) is 0 Å². The molecule has 0 atom stereocenters. The smallest absolute Gasteiger partial charge is 0.323 e. The number of aryl methyl sites for hydroxylation is 1. The zero-order valence-electron chi connectivity index (χ0n) is 17.8. The van der Waals surface area contributed by atoms with Crippen LogP contribution in [0.1, 0.15) is 12.7 Å². The van der Waals surface area contributed by atoms with Crippen LogP contribution < -0.4 is 20.1 Å². The third-order valence-corrected chi connectivity index (χ3v) is 4.44. The Morgan fingerprint density at radius 2 is 1.72 bits per heavy atom. The summed E-state index contributed by atoms with van der Waals surface area (Å²) in [6.45, 7) is 4.22. The fourth-order valence-electron chi connectivity index (χ4n) is 3.06. The Balaban J connectivity index is 1.40. The third-order valence-electron chi connectivity index (χ3n) is 4.44. The van der Waals surface area contributed by atoms with Crippen molar-refractivity contribution in [3.05, 3.63) is 84.9 Å². The molecule has 2 aromatic carbocycles. The highest BCUT2D eigenvalue weighted by atomic mass is 16.5. The minimum Gasteiger partial charge on any atom is -0.492 e. The summed E-state index contributed by atoms with van der Waals surface area (Å²) < 4.78 is 13.3. The molecule has 4 aromatic rings. The maximum atomic E-state index is 12.4. The number of hydrogen-bond donors (Lipinski definition) is 2. The standard InChI is InChI=1S/C24H23N5O3/c1-3-31-21-9-5-4-8-20(21)28-24(30)27-18-10-12-19(13-11-18)32-23-16-22(25-17(2)26-23)29-14-6-7-15-29/h4-16H,3H2,1-2H3,(H2,27,28,30). The van der Waals surface area contributed by atoms with E-state index in [4.69, 9.17) is 9.47 Å². The first kappa shape index (κ1) is 20.9. The summed E-state index contributed by atoms with van der Waals surface area (Å²) in [5.74, 6) is 2.97. The molecule has 0 saturated heterocycles. The van der Waals surface area contributed by atoms with Crippen molar-refractivity contribution < 1.29 is 14.3 Å². The molecule has 2 amide bonds. The lowest BCUT2D eigenvalue weighted by molar-refractivity contribution is 0.262. The van der Waals surface area contributed by atoms with E-state index in [-0.39, 0.29) is 6.03 Å². The summed E-state index contributed by atoms with van der Waals surface area (Å²) in [6, 6.07) is 19.6. The molecule has 8 heteroatoms. The van der Waals surface area contributed by atoms with Gasteiger partial charge in [-0.15, -0.1) is 0 Å². The van der Waals surface area contributed by atoms with Crippen LogP contribution in [-0.4, -0.2) is 27.2 Å². The summed E-state index contributed by atoms with van der Waals surface area (Å²) in [7, 11) is 0. The number of amides is 2. The number of anilines is 2. The van der Waals surface area contributed by atoms with Gasteiger partial charge < -0.3 is 24.7 Å². The lowest BCUT2D eigenvalue weighted by Crippen LogP contribution is -2.19. The Morgan fingerprint density at radius 1 is 0.969 bits per heavy atom. The van der Waals surface area contributed by atoms with Gasteiger partial charge in [0.15, 0.2) is 0 Å². The number of aromatic nitrogens is 3. The molecule has 2 heterocycles. The molecule has 8 nitrogen and oxygen atoms in total. The van der Waals surface area contributed by atoms with E-state index in [2.05, 4.69) is 20.6 Å². The SMILES string of the molecule is CCOc1ccccc1NC(=O)Nc1ccc(Oc2cc(-n3cccc3)nc(C)n2)cc1. The Labute approximate surface area is 185 Å². The van der Waals surface area contributed by atoms with E-state index in [1.54, 1.807) is 36.4 Å². The van der Waals surface area contributed by atoms with Crippen LogP contribution in [0.25, 0.3) is 5.82 Å². The maximum Gasteiger partial charge on any atom is 0.323 e. The van der Waals surface area contributed by atoms with Crippen LogP contribution in [-0.2, 0) is 0 Å². The number of rotatable bonds is 7. The predicted octanol–water partition coefficient (Wildman–Crippen LogP) is 5.41. The Morgan fingerprint density at radius 3 is 2.47 bits per heavy atom. The lowest BCUT2D eigenvalue weighted by atomic mass is 10.3. The van der Waals surface area contributed by atoms with Crippen LogP contribution in [0.2, 0.25) is 0 Å². The van der Waals surface area contributed by atoms with Gasteiger partial charge in [0.25, 0.3) is 0 Å². The largest absolute Gasteiger partial charge is 0.492 e. The zero-order chi connectivity index (χ0) is 22.3. The molecule has 162 valence electrons. The number of nitrogens with zero attached hydrogens (tertiary/aromatic N) is 3. The number of urea groups is 1. The van der Waals surface area contributed by atoms with Crippen LogP contribution in [0.4, 0.5) is 16.2 Å². The molecule has 0 radical (unpaired) electrons. The normalized spacial score (nSPS) is 10.4. The van der Waals surface area contributed by atoms with Crippen molar-refractivity contribution in [3.63, 3.8) is 0 Å². The van der Waals surface area contributed by atoms with Gasteiger partial charge in [-0.2, -0.15) is 4.98 Å². The third kappa shape index (κ3) is 5.23. The first-order chi connectivity index (χ1) is 15.6. The van der Waals surface area contributed by atoms with E-state index in [1.165, 1.54) is 0 Å². The molecule has 0 saturated carbocycles. The Kier molecular flexibility index (Phi) is 6.31. The molecule has 4 rings (SSSR count). The first-order valence-electron chi connectivity index (χ1n) is 10.2. The van der Waals surface area contributed by atoms with E-state index in [1.807, 2.05) is 61.1 Å². The second-order valence-corrected chi connectivity index (χ2v) is 6.84. The summed E-state index contributed by atoms with van der Waals surface area (Å²) in [4.78, 5) is 21.1. The van der Waals surface area contributed by atoms with E-state index in [0.717, 1.165) is 5.82 Å². The maximum absolute atomic E-state index is 12.4. The van der Waals surface area contributed by atoms with E-state index in [9.17, 15) is 4.79 Å². The molecular weight excluding hydrogens is 406 g/mol. The fourth-order valence-corrected chi connectivity index (χ4v) is 3.06. The second kappa shape index (κ2) is 9.65. The molecule has 0 aliphatic heterocycles. The molecule has 0 fully saturated rings. The van der Waals surface area contributed by atoms with Crippen molar-refractivity contribution in [1.82, 2.24) is 14.5 Å². The van der Waals surface area contributed by atoms with E-state index in [0.29, 0.717) is 41.2 Å². The zero-order valence-corrected chi connectivity index (χ0v) is 17.8. The van der Waals surface area contributed by atoms with Gasteiger partial charge in [-0.1, -0.05) is 12.1 Å². The molecule has 2 aromatic heterocycles. The number of hydrogen-bond acceptors (Lipinski definition) is 5. The van der Waals surface area contributed by atoms with Gasteiger partial charge in [0, 0.05) is 24.1 Å². The molecule has 0 bridgehead atoms. The monoisotopic (exact) mass is 429 g/mol. The average Bonchev–Trinajstić information content (AvgIpc) is 3.31. The molecular formula is C24H23N5O3. The van der Waals surface area contributed by atoms with Crippen molar-refractivity contribution in [2.24, 2.45) is 0 Å². The van der Waals surface area contributed by atoms with Gasteiger partial charge in [-0.05, 0) is 62.4 Å². The van der Waals surface area contributed by atoms with Gasteiger partial charge in [-0.3, -0.25) is 0 Å². The number of para-hydroxylation sites is 2. The molecule has 0 aliphatic carbocycles. The number of ether oxygens (including phenoxy) is 2. The summed E-state index contributed by atoms with van der Waals surface area (Å²) in [5, 5.41) is 5.60. The molecule has 0 aliphatic rings. The highest BCUT2D eigenvalue weighted by Gasteiger charge is 2.09. The molecule has 32 heavy (non-hydrogen) atoms. The van der Waals surface area contributed by atoms with Gasteiger partial charge in [0.2, 0.25) is 5.88 Å². The second-order valence-electron chi connectivity index (χ2n) is 6.84. The van der Waals surface area contributed by atoms with Gasteiger partial charge >= 0.3 is 6.03 Å². The van der Waals surface area contributed by atoms with Crippen LogP contribution in [0, 0.1) is 6.92 Å². The fraction of sp³-hybridized carbons (Fsp3) is 0.125. The van der Waals surface area contributed by atoms with E-state index < -0.39 is 0 Å². The van der Waals surface area contributed by atoms with Crippen molar-refractivity contribution >= 4 is 17.4 Å². The summed E-state index contributed by atoms with van der Waals surface area (Å²) >= 11 is 0. The number of carbonyl (C=O) groups is 1. The average molecular weight is 429 g/mol. The van der Waals surface area contributed by atoms with E-state index >= 15 is 0 Å². The molecule has 2 N–H and O–H groups in total. The van der Waals surface area contributed by atoms with Crippen molar-refractivity contribution in [3.8, 4) is 23.2 Å². The van der Waals surface area contributed by atoms with Crippen LogP contribution in [0.5, 0.6) is 17.4 Å². The van der Waals surface area contributed by atoms with Gasteiger partial charge in [0.1, 0.15) is 23.1 Å². The van der Waals surface area contributed by atoms with Gasteiger partial charge in [-0.25, -0.2) is 9.78 Å².